The van der Waals surface area contributed by atoms with E-state index in [1.807, 2.05) is 10.3 Å². The summed E-state index contributed by atoms with van der Waals surface area (Å²) in [5.41, 5.74) is 0.792. The summed E-state index contributed by atoms with van der Waals surface area (Å²) in [5, 5.41) is 10.9. The van der Waals surface area contributed by atoms with Crippen molar-refractivity contribution in [1.29, 1.82) is 0 Å². The zero-order valence-electron chi connectivity index (χ0n) is 14.1. The van der Waals surface area contributed by atoms with Crippen LogP contribution in [0.25, 0.3) is 0 Å². The molecule has 1 saturated heterocycles. The van der Waals surface area contributed by atoms with Crippen LogP contribution in [-0.2, 0) is 6.54 Å². The van der Waals surface area contributed by atoms with Gasteiger partial charge >= 0.3 is 0 Å². The highest BCUT2D eigenvalue weighted by Gasteiger charge is 2.31. The molecule has 3 heterocycles. The summed E-state index contributed by atoms with van der Waals surface area (Å²) < 4.78 is 15.3. The SMILES string of the molecule is O=C(c1cn(Cc2ccccc2F)nn1)N1CCCC[C@H]1c1nccs1. The van der Waals surface area contributed by atoms with E-state index in [9.17, 15) is 9.18 Å². The monoisotopic (exact) mass is 371 g/mol. The second-order valence-electron chi connectivity index (χ2n) is 6.27. The lowest BCUT2D eigenvalue weighted by molar-refractivity contribution is 0.0605. The number of piperidine rings is 1. The second-order valence-corrected chi connectivity index (χ2v) is 7.20. The third-order valence-electron chi connectivity index (χ3n) is 4.55. The van der Waals surface area contributed by atoms with Gasteiger partial charge in [0.2, 0.25) is 0 Å². The molecule has 26 heavy (non-hydrogen) atoms. The minimum atomic E-state index is -0.296. The highest BCUT2D eigenvalue weighted by Crippen LogP contribution is 2.32. The molecule has 1 aliphatic rings. The molecule has 4 rings (SSSR count). The lowest BCUT2D eigenvalue weighted by Gasteiger charge is -2.33. The van der Waals surface area contributed by atoms with Crippen LogP contribution in [0, 0.1) is 5.82 Å². The van der Waals surface area contributed by atoms with E-state index < -0.39 is 0 Å². The Morgan fingerprint density at radius 1 is 1.31 bits per heavy atom. The Labute approximate surface area is 154 Å². The maximum atomic E-state index is 13.8. The van der Waals surface area contributed by atoms with Crippen LogP contribution in [0.5, 0.6) is 0 Å². The van der Waals surface area contributed by atoms with Crippen molar-refractivity contribution < 1.29 is 9.18 Å². The maximum absolute atomic E-state index is 13.8. The Morgan fingerprint density at radius 3 is 3.00 bits per heavy atom. The van der Waals surface area contributed by atoms with Crippen molar-refractivity contribution in [2.24, 2.45) is 0 Å². The Kier molecular flexibility index (Phi) is 4.75. The molecular weight excluding hydrogens is 353 g/mol. The minimum Gasteiger partial charge on any atom is -0.328 e. The molecule has 8 heteroatoms. The predicted molar refractivity (Wildman–Crippen MR) is 95.3 cm³/mol. The van der Waals surface area contributed by atoms with E-state index >= 15 is 0 Å². The van der Waals surface area contributed by atoms with Crippen molar-refractivity contribution in [2.45, 2.75) is 31.8 Å². The van der Waals surface area contributed by atoms with Gasteiger partial charge in [-0.3, -0.25) is 4.79 Å². The number of likely N-dealkylation sites (tertiary alicyclic amines) is 1. The van der Waals surface area contributed by atoms with Crippen LogP contribution >= 0.6 is 11.3 Å². The number of hydrogen-bond donors (Lipinski definition) is 0. The summed E-state index contributed by atoms with van der Waals surface area (Å²) in [5.74, 6) is -0.444. The molecule has 6 nitrogen and oxygen atoms in total. The molecule has 0 radical (unpaired) electrons. The molecule has 0 N–H and O–H groups in total. The number of hydrogen-bond acceptors (Lipinski definition) is 5. The topological polar surface area (TPSA) is 63.9 Å². The van der Waals surface area contributed by atoms with Crippen molar-refractivity contribution in [3.8, 4) is 0 Å². The Morgan fingerprint density at radius 2 is 2.19 bits per heavy atom. The highest BCUT2D eigenvalue weighted by atomic mass is 32.1. The summed E-state index contributed by atoms with van der Waals surface area (Å²) in [6.07, 6.45) is 6.30. The summed E-state index contributed by atoms with van der Waals surface area (Å²) in [4.78, 5) is 19.2. The quantitative estimate of drug-likeness (QED) is 0.706. The zero-order chi connectivity index (χ0) is 17.9. The van der Waals surface area contributed by atoms with Gasteiger partial charge in [0.15, 0.2) is 5.69 Å². The van der Waals surface area contributed by atoms with Gasteiger partial charge in [-0.25, -0.2) is 14.1 Å². The Hall–Kier alpha value is -2.61. The molecule has 1 aliphatic heterocycles. The molecule has 0 saturated carbocycles. The van der Waals surface area contributed by atoms with Crippen molar-refractivity contribution in [2.75, 3.05) is 6.54 Å². The zero-order valence-corrected chi connectivity index (χ0v) is 14.9. The fraction of sp³-hybridized carbons (Fsp3) is 0.333. The molecule has 1 atom stereocenters. The average molecular weight is 371 g/mol. The van der Waals surface area contributed by atoms with Gasteiger partial charge in [-0.15, -0.1) is 16.4 Å². The van der Waals surface area contributed by atoms with E-state index in [-0.39, 0.29) is 30.0 Å². The summed E-state index contributed by atoms with van der Waals surface area (Å²) in [6.45, 7) is 0.923. The number of carbonyl (C=O) groups excluding carboxylic acids is 1. The normalized spacial score (nSPS) is 17.4. The van der Waals surface area contributed by atoms with Gasteiger partial charge in [-0.05, 0) is 25.3 Å². The first-order valence-corrected chi connectivity index (χ1v) is 9.44. The van der Waals surface area contributed by atoms with E-state index in [1.165, 1.54) is 10.7 Å². The average Bonchev–Trinajstić information content (AvgIpc) is 3.35. The molecule has 1 aromatic carbocycles. The number of amides is 1. The van der Waals surface area contributed by atoms with E-state index in [0.717, 1.165) is 24.3 Å². The van der Waals surface area contributed by atoms with Crippen LogP contribution in [-0.4, -0.2) is 37.3 Å². The molecule has 1 fully saturated rings. The number of rotatable bonds is 4. The molecule has 0 spiro atoms. The Balaban J connectivity index is 1.53. The Bertz CT molecular complexity index is 895. The molecule has 1 amide bonds. The largest absolute Gasteiger partial charge is 0.328 e. The lowest BCUT2D eigenvalue weighted by atomic mass is 10.0. The highest BCUT2D eigenvalue weighted by molar-refractivity contribution is 7.09. The van der Waals surface area contributed by atoms with Crippen LogP contribution in [0.3, 0.4) is 0 Å². The molecule has 0 unspecified atom stereocenters. The van der Waals surface area contributed by atoms with E-state index in [4.69, 9.17) is 0 Å². The van der Waals surface area contributed by atoms with Gasteiger partial charge in [0.1, 0.15) is 10.8 Å². The van der Waals surface area contributed by atoms with E-state index in [2.05, 4.69) is 15.3 Å². The van der Waals surface area contributed by atoms with Crippen molar-refractivity contribution in [3.05, 3.63) is 64.1 Å². The number of nitrogens with zero attached hydrogens (tertiary/aromatic N) is 5. The van der Waals surface area contributed by atoms with Gasteiger partial charge in [-0.2, -0.15) is 0 Å². The van der Waals surface area contributed by atoms with Crippen molar-refractivity contribution in [1.82, 2.24) is 24.9 Å². The number of thiazole rings is 1. The van der Waals surface area contributed by atoms with Crippen molar-refractivity contribution >= 4 is 17.2 Å². The molecule has 2 aromatic heterocycles. The van der Waals surface area contributed by atoms with Crippen LogP contribution in [0.1, 0.15) is 46.4 Å². The van der Waals surface area contributed by atoms with Gasteiger partial charge in [0.25, 0.3) is 5.91 Å². The van der Waals surface area contributed by atoms with Crippen LogP contribution < -0.4 is 0 Å². The molecule has 134 valence electrons. The number of benzene rings is 1. The van der Waals surface area contributed by atoms with Crippen LogP contribution in [0.15, 0.2) is 42.0 Å². The maximum Gasteiger partial charge on any atom is 0.276 e. The molecular formula is C18H18FN5OS. The van der Waals surface area contributed by atoms with E-state index in [1.54, 1.807) is 41.9 Å². The van der Waals surface area contributed by atoms with Crippen molar-refractivity contribution in [3.63, 3.8) is 0 Å². The third-order valence-corrected chi connectivity index (χ3v) is 5.42. The van der Waals surface area contributed by atoms with Gasteiger partial charge in [0, 0.05) is 23.7 Å². The smallest absolute Gasteiger partial charge is 0.276 e. The number of halogens is 1. The summed E-state index contributed by atoms with van der Waals surface area (Å²) in [7, 11) is 0. The van der Waals surface area contributed by atoms with Gasteiger partial charge < -0.3 is 4.90 Å². The lowest BCUT2D eigenvalue weighted by Crippen LogP contribution is -2.38. The summed E-state index contributed by atoms with van der Waals surface area (Å²) >= 11 is 1.57. The minimum absolute atomic E-state index is 0.00651. The first-order valence-electron chi connectivity index (χ1n) is 8.56. The molecule has 0 aliphatic carbocycles. The predicted octanol–water partition coefficient (Wildman–Crippen LogP) is 3.29. The molecule has 0 bridgehead atoms. The standard InChI is InChI=1S/C18H18FN5OS/c19-14-6-2-1-5-13(14)11-23-12-15(21-22-23)18(25)24-9-4-3-7-16(24)17-20-8-10-26-17/h1-2,5-6,8,10,12,16H,3-4,7,9,11H2/t16-/m0/s1. The third kappa shape index (κ3) is 3.37. The number of carbonyl (C=O) groups is 1. The van der Waals surface area contributed by atoms with Crippen LogP contribution in [0.2, 0.25) is 0 Å². The molecule has 3 aromatic rings. The first-order chi connectivity index (χ1) is 12.7. The fourth-order valence-corrected chi connectivity index (χ4v) is 4.04. The number of aromatic nitrogens is 4. The fourth-order valence-electron chi connectivity index (χ4n) is 3.25. The van der Waals surface area contributed by atoms with Gasteiger partial charge in [0.05, 0.1) is 18.8 Å². The summed E-state index contributed by atoms with van der Waals surface area (Å²) in [6, 6.07) is 6.51. The van der Waals surface area contributed by atoms with Crippen LogP contribution in [0.4, 0.5) is 4.39 Å². The van der Waals surface area contributed by atoms with E-state index in [0.29, 0.717) is 12.1 Å². The second kappa shape index (κ2) is 7.33. The first kappa shape index (κ1) is 16.8. The van der Waals surface area contributed by atoms with Gasteiger partial charge in [-0.1, -0.05) is 23.4 Å².